The third kappa shape index (κ3) is 2.40. The molecule has 5 atom stereocenters. The van der Waals surface area contributed by atoms with E-state index in [1.54, 1.807) is 0 Å². The molecule has 23 heavy (non-hydrogen) atoms. The third-order valence-corrected chi connectivity index (χ3v) is 6.04. The highest BCUT2D eigenvalue weighted by Gasteiger charge is 2.69. The van der Waals surface area contributed by atoms with Crippen molar-refractivity contribution >= 4 is 11.9 Å². The zero-order valence-corrected chi connectivity index (χ0v) is 14.0. The largest absolute Gasteiger partial charge is 0.461 e. The highest BCUT2D eigenvalue weighted by Crippen LogP contribution is 2.62. The van der Waals surface area contributed by atoms with Gasteiger partial charge in [-0.05, 0) is 45.6 Å². The lowest BCUT2D eigenvalue weighted by Crippen LogP contribution is -2.38. The van der Waals surface area contributed by atoms with Crippen molar-refractivity contribution in [2.45, 2.75) is 76.8 Å². The summed E-state index contributed by atoms with van der Waals surface area (Å²) in [5.41, 5.74) is 0.536. The van der Waals surface area contributed by atoms with Crippen molar-refractivity contribution in [3.63, 3.8) is 0 Å². The number of ether oxygens (including phenoxy) is 3. The number of esters is 2. The number of rotatable bonds is 1. The topological polar surface area (TPSA) is 65.1 Å². The Hall–Kier alpha value is -1.36. The Morgan fingerprint density at radius 1 is 1.39 bits per heavy atom. The van der Waals surface area contributed by atoms with E-state index in [2.05, 4.69) is 13.8 Å². The van der Waals surface area contributed by atoms with E-state index in [4.69, 9.17) is 14.2 Å². The molecule has 5 heteroatoms. The number of carbonyl (C=O) groups excluding carboxylic acids is 2. The second kappa shape index (κ2) is 4.82. The maximum Gasteiger partial charge on any atom is 0.312 e. The van der Waals surface area contributed by atoms with Crippen molar-refractivity contribution in [1.82, 2.24) is 0 Å². The molecule has 0 unspecified atom stereocenters. The van der Waals surface area contributed by atoms with Crippen molar-refractivity contribution in [3.8, 4) is 0 Å². The lowest BCUT2D eigenvalue weighted by atomic mass is 9.78. The molecule has 1 spiro atoms. The molecule has 126 valence electrons. The van der Waals surface area contributed by atoms with E-state index in [1.165, 1.54) is 12.5 Å². The first-order chi connectivity index (χ1) is 10.8. The molecule has 4 aliphatic rings. The molecule has 0 N–H and O–H groups in total. The molecule has 1 saturated carbocycles. The average molecular weight is 320 g/mol. The second-order valence-corrected chi connectivity index (χ2v) is 7.87. The summed E-state index contributed by atoms with van der Waals surface area (Å²) in [7, 11) is 0. The zero-order chi connectivity index (χ0) is 16.4. The fourth-order valence-corrected chi connectivity index (χ4v) is 4.55. The van der Waals surface area contributed by atoms with Gasteiger partial charge >= 0.3 is 11.9 Å². The quantitative estimate of drug-likeness (QED) is 0.422. The van der Waals surface area contributed by atoms with E-state index >= 15 is 0 Å². The Morgan fingerprint density at radius 2 is 2.13 bits per heavy atom. The van der Waals surface area contributed by atoms with E-state index in [9.17, 15) is 9.59 Å². The maximum atomic E-state index is 12.4. The van der Waals surface area contributed by atoms with Crippen LogP contribution in [-0.2, 0) is 23.8 Å². The first-order valence-electron chi connectivity index (χ1n) is 8.57. The van der Waals surface area contributed by atoms with Gasteiger partial charge in [0.25, 0.3) is 0 Å². The molecular formula is C18H24O5. The third-order valence-electron chi connectivity index (χ3n) is 6.04. The fourth-order valence-electron chi connectivity index (χ4n) is 4.55. The summed E-state index contributed by atoms with van der Waals surface area (Å²) in [6.45, 7) is 5.58. The molecule has 0 aromatic carbocycles. The maximum absolute atomic E-state index is 12.4. The van der Waals surface area contributed by atoms with Crippen LogP contribution in [0.1, 0.15) is 52.9 Å². The number of hydrogen-bond acceptors (Lipinski definition) is 5. The fraction of sp³-hybridized carbons (Fsp3) is 0.778. The van der Waals surface area contributed by atoms with Crippen LogP contribution in [-0.4, -0.2) is 35.9 Å². The summed E-state index contributed by atoms with van der Waals surface area (Å²) >= 11 is 0. The smallest absolute Gasteiger partial charge is 0.312 e. The predicted octanol–water partition coefficient (Wildman–Crippen LogP) is 2.53. The minimum absolute atomic E-state index is 0.0892. The van der Waals surface area contributed by atoms with Crippen LogP contribution in [0.25, 0.3) is 0 Å². The first-order valence-corrected chi connectivity index (χ1v) is 8.57. The predicted molar refractivity (Wildman–Crippen MR) is 81.5 cm³/mol. The van der Waals surface area contributed by atoms with Gasteiger partial charge in [0.1, 0.15) is 12.2 Å². The van der Waals surface area contributed by atoms with E-state index < -0.39 is 5.41 Å². The molecule has 0 aromatic rings. The molecular weight excluding hydrogens is 296 g/mol. The van der Waals surface area contributed by atoms with Gasteiger partial charge in [-0.1, -0.05) is 5.57 Å². The van der Waals surface area contributed by atoms with E-state index in [1.807, 2.05) is 6.08 Å². The van der Waals surface area contributed by atoms with Crippen molar-refractivity contribution in [2.24, 2.45) is 11.3 Å². The lowest BCUT2D eigenvalue weighted by Gasteiger charge is -2.29. The SMILES string of the molecule is CC(=O)O[C@@H]1/C=C(/C)CC[C@@H]2O[C@]2(C)C[C@H]2OC(=O)C3(CC3)[C@H]12. The van der Waals surface area contributed by atoms with Crippen LogP contribution in [0, 0.1) is 11.3 Å². The summed E-state index contributed by atoms with van der Waals surface area (Å²) in [6, 6.07) is 0. The highest BCUT2D eigenvalue weighted by atomic mass is 16.6. The van der Waals surface area contributed by atoms with Gasteiger partial charge in [-0.2, -0.15) is 0 Å². The van der Waals surface area contributed by atoms with Gasteiger partial charge in [0.2, 0.25) is 0 Å². The second-order valence-electron chi connectivity index (χ2n) is 7.87. The molecule has 0 amide bonds. The molecule has 2 saturated heterocycles. The molecule has 0 aromatic heterocycles. The summed E-state index contributed by atoms with van der Waals surface area (Å²) in [5.74, 6) is -0.513. The molecule has 2 aliphatic heterocycles. The first kappa shape index (κ1) is 15.2. The summed E-state index contributed by atoms with van der Waals surface area (Å²) in [6.07, 6.45) is 5.91. The van der Waals surface area contributed by atoms with Gasteiger partial charge in [-0.25, -0.2) is 0 Å². The standard InChI is InChI=1S/C18H24O5/c1-10-4-5-14-17(3,23-14)9-13-15(12(8-10)21-11(2)19)18(6-7-18)16(20)22-13/h8,12-15H,4-7,9H2,1-3H3/b10-8-/t12-,13-,14+,15-,17-/m1/s1. The highest BCUT2D eigenvalue weighted by molar-refractivity contribution is 5.83. The average Bonchev–Trinajstić information content (AvgIpc) is 3.31. The Balaban J connectivity index is 1.72. The minimum atomic E-state index is -0.443. The van der Waals surface area contributed by atoms with Gasteiger partial charge < -0.3 is 14.2 Å². The Morgan fingerprint density at radius 3 is 2.78 bits per heavy atom. The van der Waals surface area contributed by atoms with Gasteiger partial charge in [-0.3, -0.25) is 9.59 Å². The normalized spacial score (nSPS) is 46.0. The van der Waals surface area contributed by atoms with Crippen LogP contribution in [0.15, 0.2) is 11.6 Å². The van der Waals surface area contributed by atoms with Crippen LogP contribution < -0.4 is 0 Å². The van der Waals surface area contributed by atoms with Gasteiger partial charge in [0.15, 0.2) is 0 Å². The minimum Gasteiger partial charge on any atom is -0.461 e. The van der Waals surface area contributed by atoms with Gasteiger partial charge in [-0.15, -0.1) is 0 Å². The van der Waals surface area contributed by atoms with E-state index in [-0.39, 0.29) is 41.8 Å². The number of hydrogen-bond donors (Lipinski definition) is 0. The van der Waals surface area contributed by atoms with Crippen LogP contribution in [0.4, 0.5) is 0 Å². The number of allylic oxidation sites excluding steroid dienone is 1. The van der Waals surface area contributed by atoms with Crippen LogP contribution in [0.3, 0.4) is 0 Å². The molecule has 0 bridgehead atoms. The number of epoxide rings is 1. The molecule has 0 radical (unpaired) electrons. The van der Waals surface area contributed by atoms with E-state index in [0.717, 1.165) is 25.7 Å². The van der Waals surface area contributed by atoms with Gasteiger partial charge in [0, 0.05) is 13.3 Å². The Bertz CT molecular complexity index is 590. The van der Waals surface area contributed by atoms with Crippen molar-refractivity contribution in [3.05, 3.63) is 11.6 Å². The van der Waals surface area contributed by atoms with Crippen molar-refractivity contribution < 1.29 is 23.8 Å². The Kier molecular flexibility index (Phi) is 3.18. The summed E-state index contributed by atoms with van der Waals surface area (Å²) < 4.78 is 17.3. The summed E-state index contributed by atoms with van der Waals surface area (Å²) in [4.78, 5) is 24.0. The molecule has 2 heterocycles. The van der Waals surface area contributed by atoms with Gasteiger partial charge in [0.05, 0.1) is 23.0 Å². The Labute approximate surface area is 136 Å². The lowest BCUT2D eigenvalue weighted by molar-refractivity contribution is -0.148. The van der Waals surface area contributed by atoms with Crippen LogP contribution >= 0.6 is 0 Å². The molecule has 5 nitrogen and oxygen atoms in total. The monoisotopic (exact) mass is 320 g/mol. The zero-order valence-electron chi connectivity index (χ0n) is 14.0. The number of carbonyl (C=O) groups is 2. The summed E-state index contributed by atoms with van der Waals surface area (Å²) in [5, 5.41) is 0. The van der Waals surface area contributed by atoms with Crippen molar-refractivity contribution in [1.29, 1.82) is 0 Å². The van der Waals surface area contributed by atoms with Crippen LogP contribution in [0.5, 0.6) is 0 Å². The van der Waals surface area contributed by atoms with Crippen molar-refractivity contribution in [2.75, 3.05) is 0 Å². The van der Waals surface area contributed by atoms with E-state index in [0.29, 0.717) is 6.42 Å². The van der Waals surface area contributed by atoms with Crippen LogP contribution in [0.2, 0.25) is 0 Å². The molecule has 2 aliphatic carbocycles. The number of fused-ring (bicyclic) bond motifs is 3. The molecule has 4 rings (SSSR count). The molecule has 3 fully saturated rings.